The van der Waals surface area contributed by atoms with Gasteiger partial charge in [0.1, 0.15) is 0 Å². The molecule has 1 atom stereocenters. The van der Waals surface area contributed by atoms with Crippen LogP contribution in [0.3, 0.4) is 0 Å². The molecule has 5 heteroatoms. The number of carbonyl (C=O) groups excluding carboxylic acids is 2. The smallest absolute Gasteiger partial charge is 0.339 e. The average molecular weight is 368 g/mol. The molecule has 1 aromatic heterocycles. The summed E-state index contributed by atoms with van der Waals surface area (Å²) in [5.41, 5.74) is 3.57. The Balaban J connectivity index is 2.06. The van der Waals surface area contributed by atoms with Crippen molar-refractivity contribution in [3.8, 4) is 0 Å². The summed E-state index contributed by atoms with van der Waals surface area (Å²) >= 11 is 0. The Morgan fingerprint density at radius 2 is 2.04 bits per heavy atom. The summed E-state index contributed by atoms with van der Waals surface area (Å²) in [6.45, 7) is 6.53. The van der Waals surface area contributed by atoms with Gasteiger partial charge in [0.2, 0.25) is 0 Å². The average Bonchev–Trinajstić information content (AvgIpc) is 2.69. The maximum Gasteiger partial charge on any atom is 0.339 e. The number of benzene rings is 1. The zero-order valence-electron chi connectivity index (χ0n) is 16.6. The van der Waals surface area contributed by atoms with Crippen LogP contribution in [0.2, 0.25) is 0 Å². The number of amides is 1. The van der Waals surface area contributed by atoms with Crippen molar-refractivity contribution in [3.63, 3.8) is 0 Å². The van der Waals surface area contributed by atoms with E-state index in [1.54, 1.807) is 0 Å². The van der Waals surface area contributed by atoms with E-state index in [0.29, 0.717) is 11.5 Å². The van der Waals surface area contributed by atoms with Gasteiger partial charge in [0.15, 0.2) is 6.61 Å². The Kier molecular flexibility index (Phi) is 5.49. The summed E-state index contributed by atoms with van der Waals surface area (Å²) in [6, 6.07) is 7.66. The maximum absolute atomic E-state index is 12.9. The van der Waals surface area contributed by atoms with Crippen molar-refractivity contribution in [1.29, 1.82) is 0 Å². The molecule has 1 aromatic carbocycles. The molecule has 0 fully saturated rings. The first-order valence-corrected chi connectivity index (χ1v) is 9.65. The van der Waals surface area contributed by atoms with E-state index in [4.69, 9.17) is 9.72 Å². The zero-order chi connectivity index (χ0) is 19.6. The zero-order valence-corrected chi connectivity index (χ0v) is 16.6. The number of carbonyl (C=O) groups is 2. The number of fused-ring (bicyclic) bond motifs is 2. The number of ether oxygens (including phenoxy) is 1. The predicted octanol–water partition coefficient (Wildman–Crippen LogP) is 3.68. The minimum atomic E-state index is -0.441. The normalized spacial score (nSPS) is 16.7. The summed E-state index contributed by atoms with van der Waals surface area (Å²) < 4.78 is 5.32. The molecule has 0 aliphatic heterocycles. The lowest BCUT2D eigenvalue weighted by molar-refractivity contribution is -0.123. The van der Waals surface area contributed by atoms with Crippen molar-refractivity contribution in [1.82, 2.24) is 10.3 Å². The van der Waals surface area contributed by atoms with Crippen molar-refractivity contribution in [2.45, 2.75) is 46.5 Å². The van der Waals surface area contributed by atoms with Crippen LogP contribution >= 0.6 is 0 Å². The number of likely N-dealkylation sites (N-methyl/N-ethyl adjacent to an activating group) is 1. The van der Waals surface area contributed by atoms with Crippen LogP contribution in [0.25, 0.3) is 10.9 Å². The van der Waals surface area contributed by atoms with Crippen LogP contribution in [-0.4, -0.2) is 30.5 Å². The summed E-state index contributed by atoms with van der Waals surface area (Å²) in [5.74, 6) is -0.271. The molecule has 5 nitrogen and oxygen atoms in total. The Hall–Kier alpha value is -2.43. The third kappa shape index (κ3) is 3.82. The number of hydrogen-bond acceptors (Lipinski definition) is 4. The fourth-order valence-corrected chi connectivity index (χ4v) is 3.85. The van der Waals surface area contributed by atoms with E-state index in [1.807, 2.05) is 24.3 Å². The number of nitrogens with zero attached hydrogens (tertiary/aromatic N) is 1. The minimum absolute atomic E-state index is 0.201. The van der Waals surface area contributed by atoms with Crippen molar-refractivity contribution in [2.24, 2.45) is 11.3 Å². The second-order valence-electron chi connectivity index (χ2n) is 7.96. The van der Waals surface area contributed by atoms with Gasteiger partial charge in [-0.25, -0.2) is 4.79 Å². The summed E-state index contributed by atoms with van der Waals surface area (Å²) in [6.07, 6.45) is 3.85. The van der Waals surface area contributed by atoms with Gasteiger partial charge >= 0.3 is 5.97 Å². The molecular weight excluding hydrogens is 340 g/mol. The number of hydrogen-bond donors (Lipinski definition) is 1. The lowest BCUT2D eigenvalue weighted by atomic mass is 9.68. The molecule has 144 valence electrons. The fraction of sp³-hybridized carbons (Fsp3) is 0.500. The third-order valence-electron chi connectivity index (χ3n) is 6.09. The highest BCUT2D eigenvalue weighted by Gasteiger charge is 2.34. The Labute approximate surface area is 160 Å². The van der Waals surface area contributed by atoms with Crippen LogP contribution in [0.4, 0.5) is 0 Å². The molecule has 1 aliphatic rings. The summed E-state index contributed by atoms with van der Waals surface area (Å²) in [4.78, 5) is 29.3. The summed E-state index contributed by atoms with van der Waals surface area (Å²) in [7, 11) is 1.53. The second kappa shape index (κ2) is 7.67. The van der Waals surface area contributed by atoms with E-state index in [0.717, 1.165) is 47.8 Å². The Morgan fingerprint density at radius 1 is 1.30 bits per heavy atom. The highest BCUT2D eigenvalue weighted by molar-refractivity contribution is 6.05. The number of pyridine rings is 1. The van der Waals surface area contributed by atoms with Gasteiger partial charge in [0, 0.05) is 18.1 Å². The first kappa shape index (κ1) is 19.3. The first-order chi connectivity index (χ1) is 12.9. The van der Waals surface area contributed by atoms with E-state index < -0.39 is 5.97 Å². The number of esters is 1. The molecule has 0 spiro atoms. The molecule has 0 saturated carbocycles. The van der Waals surface area contributed by atoms with E-state index in [-0.39, 0.29) is 17.9 Å². The van der Waals surface area contributed by atoms with Crippen molar-refractivity contribution in [2.75, 3.05) is 13.7 Å². The van der Waals surface area contributed by atoms with Crippen LogP contribution < -0.4 is 5.32 Å². The molecular formula is C22H28N2O3. The number of aryl methyl sites for hydroxylation is 1. The van der Waals surface area contributed by atoms with Crippen molar-refractivity contribution < 1.29 is 14.3 Å². The van der Waals surface area contributed by atoms with Gasteiger partial charge in [-0.1, -0.05) is 45.4 Å². The van der Waals surface area contributed by atoms with E-state index in [9.17, 15) is 9.59 Å². The molecule has 3 rings (SSSR count). The molecule has 27 heavy (non-hydrogen) atoms. The van der Waals surface area contributed by atoms with Crippen LogP contribution in [-0.2, 0) is 22.4 Å². The molecule has 1 N–H and O–H groups in total. The molecule has 0 radical (unpaired) electrons. The maximum atomic E-state index is 12.9. The van der Waals surface area contributed by atoms with Gasteiger partial charge in [-0.05, 0) is 42.2 Å². The number of aromatic nitrogens is 1. The van der Waals surface area contributed by atoms with Gasteiger partial charge in [-0.15, -0.1) is 0 Å². The molecule has 0 bridgehead atoms. The van der Waals surface area contributed by atoms with Crippen molar-refractivity contribution in [3.05, 3.63) is 41.1 Å². The monoisotopic (exact) mass is 368 g/mol. The van der Waals surface area contributed by atoms with Gasteiger partial charge in [0.05, 0.1) is 11.1 Å². The lowest BCUT2D eigenvalue weighted by Crippen LogP contribution is -2.31. The van der Waals surface area contributed by atoms with E-state index in [2.05, 4.69) is 26.1 Å². The van der Waals surface area contributed by atoms with Gasteiger partial charge < -0.3 is 10.1 Å². The van der Waals surface area contributed by atoms with Crippen molar-refractivity contribution >= 4 is 22.8 Å². The number of rotatable bonds is 5. The molecule has 1 heterocycles. The first-order valence-electron chi connectivity index (χ1n) is 9.65. The Morgan fingerprint density at radius 3 is 2.74 bits per heavy atom. The highest BCUT2D eigenvalue weighted by Crippen LogP contribution is 2.41. The van der Waals surface area contributed by atoms with Crippen LogP contribution in [0.5, 0.6) is 0 Å². The highest BCUT2D eigenvalue weighted by atomic mass is 16.5. The van der Waals surface area contributed by atoms with E-state index >= 15 is 0 Å². The fourth-order valence-electron chi connectivity index (χ4n) is 3.85. The second-order valence-corrected chi connectivity index (χ2v) is 7.96. The van der Waals surface area contributed by atoms with Crippen LogP contribution in [0, 0.1) is 11.3 Å². The Bertz CT molecular complexity index is 873. The molecule has 0 saturated heterocycles. The SMILES string of the molecule is CCC(C)(C)[C@H]1CCc2nc3ccccc3c(C(=O)OCC(=O)NC)c2C1. The summed E-state index contributed by atoms with van der Waals surface area (Å²) in [5, 5.41) is 3.28. The van der Waals surface area contributed by atoms with E-state index in [1.165, 1.54) is 7.05 Å². The third-order valence-corrected chi connectivity index (χ3v) is 6.09. The molecule has 1 amide bonds. The predicted molar refractivity (Wildman–Crippen MR) is 106 cm³/mol. The lowest BCUT2D eigenvalue weighted by Gasteiger charge is -2.37. The van der Waals surface area contributed by atoms with Crippen LogP contribution in [0.15, 0.2) is 24.3 Å². The van der Waals surface area contributed by atoms with Crippen LogP contribution in [0.1, 0.15) is 55.2 Å². The quantitative estimate of drug-likeness (QED) is 0.818. The van der Waals surface area contributed by atoms with Gasteiger partial charge in [0.25, 0.3) is 5.91 Å². The molecule has 1 aliphatic carbocycles. The topological polar surface area (TPSA) is 68.3 Å². The standard InChI is InChI=1S/C22H28N2O3/c1-5-22(2,3)14-10-11-18-16(12-14)20(21(26)27-13-19(25)23-4)15-8-6-7-9-17(15)24-18/h6-9,14H,5,10-13H2,1-4H3,(H,23,25)/t14-/m0/s1. The van der Waals surface area contributed by atoms with Gasteiger partial charge in [-0.3, -0.25) is 9.78 Å². The molecule has 0 unspecified atom stereocenters. The van der Waals surface area contributed by atoms with Gasteiger partial charge in [-0.2, -0.15) is 0 Å². The number of para-hydroxylation sites is 1. The minimum Gasteiger partial charge on any atom is -0.452 e. The molecule has 2 aromatic rings. The largest absolute Gasteiger partial charge is 0.452 e. The number of nitrogens with one attached hydrogen (secondary N) is 1.